The smallest absolute Gasteiger partial charge is 0.373 e. The van der Waals surface area contributed by atoms with Gasteiger partial charge in [-0.1, -0.05) is 15.9 Å². The first kappa shape index (κ1) is 13.1. The molecule has 1 aliphatic carbocycles. The summed E-state index contributed by atoms with van der Waals surface area (Å²) in [5, 5.41) is 9.18. The number of carbonyl (C=O) groups is 1. The SMILES string of the molecule is O=C(O)c1oc(-c2cc(Br)ccc2I)nc1C1CC1. The highest BCUT2D eigenvalue weighted by molar-refractivity contribution is 14.1. The van der Waals surface area contributed by atoms with Crippen molar-refractivity contribution in [2.45, 2.75) is 18.8 Å². The Kier molecular flexibility index (Phi) is 3.38. The number of hydrogen-bond donors (Lipinski definition) is 1. The molecule has 4 nitrogen and oxygen atoms in total. The fourth-order valence-corrected chi connectivity index (χ4v) is 2.82. The molecule has 3 rings (SSSR count). The third kappa shape index (κ3) is 2.55. The highest BCUT2D eigenvalue weighted by atomic mass is 127. The third-order valence-electron chi connectivity index (χ3n) is 2.97. The minimum Gasteiger partial charge on any atom is -0.475 e. The van der Waals surface area contributed by atoms with Gasteiger partial charge in [0.1, 0.15) is 0 Å². The molecule has 0 bridgehead atoms. The minimum atomic E-state index is -1.05. The number of halogens is 2. The number of aromatic nitrogens is 1. The maximum atomic E-state index is 11.2. The number of benzene rings is 1. The van der Waals surface area contributed by atoms with E-state index in [0.717, 1.165) is 26.4 Å². The summed E-state index contributed by atoms with van der Waals surface area (Å²) in [5.74, 6) is -0.447. The Morgan fingerprint density at radius 2 is 2.21 bits per heavy atom. The summed E-state index contributed by atoms with van der Waals surface area (Å²) in [7, 11) is 0. The number of hydrogen-bond acceptors (Lipinski definition) is 3. The summed E-state index contributed by atoms with van der Waals surface area (Å²) in [6.45, 7) is 0. The Balaban J connectivity index is 2.12. The van der Waals surface area contributed by atoms with Crippen LogP contribution in [0, 0.1) is 3.57 Å². The first-order valence-electron chi connectivity index (χ1n) is 5.75. The van der Waals surface area contributed by atoms with Gasteiger partial charge in [-0.25, -0.2) is 9.78 Å². The van der Waals surface area contributed by atoms with Gasteiger partial charge >= 0.3 is 5.97 Å². The molecule has 1 aliphatic rings. The molecule has 1 heterocycles. The lowest BCUT2D eigenvalue weighted by atomic mass is 10.2. The van der Waals surface area contributed by atoms with E-state index < -0.39 is 5.97 Å². The van der Waals surface area contributed by atoms with Gasteiger partial charge in [0.15, 0.2) is 0 Å². The summed E-state index contributed by atoms with van der Waals surface area (Å²) >= 11 is 5.58. The average molecular weight is 434 g/mol. The molecule has 0 saturated heterocycles. The highest BCUT2D eigenvalue weighted by Gasteiger charge is 2.33. The second-order valence-corrected chi connectivity index (χ2v) is 6.51. The predicted molar refractivity (Wildman–Crippen MR) is 81.3 cm³/mol. The van der Waals surface area contributed by atoms with Crippen LogP contribution in [0.4, 0.5) is 0 Å². The zero-order valence-corrected chi connectivity index (χ0v) is 13.4. The monoisotopic (exact) mass is 433 g/mol. The molecule has 6 heteroatoms. The van der Waals surface area contributed by atoms with Gasteiger partial charge < -0.3 is 9.52 Å². The first-order valence-corrected chi connectivity index (χ1v) is 7.63. The standard InChI is InChI=1S/C13H9BrINO3/c14-7-3-4-9(15)8(5-7)12-16-10(6-1-2-6)11(19-12)13(17)18/h3-6H,1-2H2,(H,17,18). The number of aromatic carboxylic acids is 1. The van der Waals surface area contributed by atoms with Crippen molar-refractivity contribution in [3.63, 3.8) is 0 Å². The van der Waals surface area contributed by atoms with Gasteiger partial charge in [0.2, 0.25) is 11.7 Å². The number of carboxylic acid groups (broad SMARTS) is 1. The van der Waals surface area contributed by atoms with Gasteiger partial charge in [0.25, 0.3) is 0 Å². The van der Waals surface area contributed by atoms with E-state index in [4.69, 9.17) is 4.42 Å². The van der Waals surface area contributed by atoms with E-state index in [1.807, 2.05) is 18.2 Å². The zero-order valence-electron chi connectivity index (χ0n) is 9.69. The van der Waals surface area contributed by atoms with E-state index in [0.29, 0.717) is 11.6 Å². The summed E-state index contributed by atoms with van der Waals surface area (Å²) in [6, 6.07) is 5.74. The Morgan fingerprint density at radius 3 is 2.84 bits per heavy atom. The van der Waals surface area contributed by atoms with Gasteiger partial charge in [-0.15, -0.1) is 0 Å². The lowest BCUT2D eigenvalue weighted by Gasteiger charge is -2.00. The highest BCUT2D eigenvalue weighted by Crippen LogP contribution is 2.42. The Labute approximate surface area is 131 Å². The van der Waals surface area contributed by atoms with Crippen molar-refractivity contribution >= 4 is 44.5 Å². The topological polar surface area (TPSA) is 63.3 Å². The van der Waals surface area contributed by atoms with Crippen LogP contribution in [0.3, 0.4) is 0 Å². The fourth-order valence-electron chi connectivity index (χ4n) is 1.90. The molecule has 0 radical (unpaired) electrons. The lowest BCUT2D eigenvalue weighted by molar-refractivity contribution is 0.0661. The predicted octanol–water partition coefficient (Wildman–Crippen LogP) is 4.28. The van der Waals surface area contributed by atoms with E-state index in [-0.39, 0.29) is 11.7 Å². The van der Waals surface area contributed by atoms with Crippen LogP contribution < -0.4 is 0 Å². The quantitative estimate of drug-likeness (QED) is 0.733. The van der Waals surface area contributed by atoms with Crippen molar-refractivity contribution in [2.75, 3.05) is 0 Å². The van der Waals surface area contributed by atoms with Crippen molar-refractivity contribution in [1.82, 2.24) is 4.98 Å². The number of nitrogens with zero attached hydrogens (tertiary/aromatic N) is 1. The van der Waals surface area contributed by atoms with Crippen LogP contribution in [0.2, 0.25) is 0 Å². The van der Waals surface area contributed by atoms with Crippen LogP contribution in [-0.4, -0.2) is 16.1 Å². The summed E-state index contributed by atoms with van der Waals surface area (Å²) in [5.41, 5.74) is 1.39. The van der Waals surface area contributed by atoms with E-state index >= 15 is 0 Å². The van der Waals surface area contributed by atoms with Crippen LogP contribution in [0.15, 0.2) is 27.1 Å². The van der Waals surface area contributed by atoms with Crippen molar-refractivity contribution in [2.24, 2.45) is 0 Å². The summed E-state index contributed by atoms with van der Waals surface area (Å²) in [4.78, 5) is 15.6. The van der Waals surface area contributed by atoms with E-state index in [9.17, 15) is 9.90 Å². The third-order valence-corrected chi connectivity index (χ3v) is 4.40. The van der Waals surface area contributed by atoms with E-state index in [2.05, 4.69) is 43.5 Å². The number of oxazole rings is 1. The molecule has 0 aliphatic heterocycles. The number of rotatable bonds is 3. The maximum absolute atomic E-state index is 11.2. The van der Waals surface area contributed by atoms with Gasteiger partial charge in [0, 0.05) is 14.0 Å². The van der Waals surface area contributed by atoms with Gasteiger partial charge in [-0.05, 0) is 53.6 Å². The molecule has 0 unspecified atom stereocenters. The normalized spacial score (nSPS) is 14.6. The van der Waals surface area contributed by atoms with Crippen LogP contribution in [0.25, 0.3) is 11.5 Å². The molecule has 0 atom stereocenters. The summed E-state index contributed by atoms with van der Waals surface area (Å²) < 4.78 is 7.34. The molecule has 1 aromatic carbocycles. The van der Waals surface area contributed by atoms with Crippen LogP contribution in [0.5, 0.6) is 0 Å². The Hall–Kier alpha value is -0.890. The van der Waals surface area contributed by atoms with Crippen LogP contribution in [-0.2, 0) is 0 Å². The van der Waals surface area contributed by atoms with Gasteiger partial charge in [-0.2, -0.15) is 0 Å². The lowest BCUT2D eigenvalue weighted by Crippen LogP contribution is -1.98. The number of carboxylic acids is 1. The molecule has 1 fully saturated rings. The van der Waals surface area contributed by atoms with Crippen molar-refractivity contribution in [1.29, 1.82) is 0 Å². The molecule has 1 N–H and O–H groups in total. The molecular formula is C13H9BrINO3. The molecule has 1 aromatic heterocycles. The molecular weight excluding hydrogens is 425 g/mol. The first-order chi connectivity index (χ1) is 9.06. The Morgan fingerprint density at radius 1 is 1.47 bits per heavy atom. The van der Waals surface area contributed by atoms with Crippen molar-refractivity contribution in [3.05, 3.63) is 37.7 Å². The van der Waals surface area contributed by atoms with Crippen molar-refractivity contribution < 1.29 is 14.3 Å². The molecule has 1 saturated carbocycles. The molecule has 2 aromatic rings. The maximum Gasteiger partial charge on any atom is 0.373 e. The second-order valence-electron chi connectivity index (χ2n) is 4.44. The Bertz CT molecular complexity index is 664. The van der Waals surface area contributed by atoms with Crippen LogP contribution in [0.1, 0.15) is 35.0 Å². The second kappa shape index (κ2) is 4.90. The van der Waals surface area contributed by atoms with E-state index in [1.54, 1.807) is 0 Å². The largest absolute Gasteiger partial charge is 0.475 e. The molecule has 0 amide bonds. The zero-order chi connectivity index (χ0) is 13.6. The minimum absolute atomic E-state index is 0.0201. The molecule has 98 valence electrons. The average Bonchev–Trinajstić information content (AvgIpc) is 3.11. The van der Waals surface area contributed by atoms with Crippen molar-refractivity contribution in [3.8, 4) is 11.5 Å². The fraction of sp³-hybridized carbons (Fsp3) is 0.231. The van der Waals surface area contributed by atoms with E-state index in [1.165, 1.54) is 0 Å². The summed E-state index contributed by atoms with van der Waals surface area (Å²) in [6.07, 6.45) is 1.98. The van der Waals surface area contributed by atoms with Crippen LogP contribution >= 0.6 is 38.5 Å². The van der Waals surface area contributed by atoms with Gasteiger partial charge in [0.05, 0.1) is 11.3 Å². The molecule has 0 spiro atoms. The molecule has 19 heavy (non-hydrogen) atoms. The van der Waals surface area contributed by atoms with Gasteiger partial charge in [-0.3, -0.25) is 0 Å².